The first-order chi connectivity index (χ1) is 7.67. The predicted molar refractivity (Wildman–Crippen MR) is 60.4 cm³/mol. The summed E-state index contributed by atoms with van der Waals surface area (Å²) in [6.07, 6.45) is 2.02. The van der Waals surface area contributed by atoms with Crippen molar-refractivity contribution in [3.8, 4) is 0 Å². The van der Waals surface area contributed by atoms with E-state index in [0.717, 1.165) is 24.1 Å². The van der Waals surface area contributed by atoms with Crippen LogP contribution in [0.5, 0.6) is 0 Å². The molecule has 0 aliphatic carbocycles. The second-order valence-corrected chi connectivity index (χ2v) is 3.70. The topological polar surface area (TPSA) is 46.1 Å². The molecule has 0 saturated heterocycles. The van der Waals surface area contributed by atoms with Gasteiger partial charge in [-0.3, -0.25) is 0 Å². The number of aromatic carboxylic acids is 1. The number of aromatic nitrogens is 2. The average Bonchev–Trinajstić information content (AvgIpc) is 2.65. The number of fused-ring (bicyclic) bond motifs is 1. The number of carboxylic acids is 1. The van der Waals surface area contributed by atoms with Gasteiger partial charge in [-0.2, -0.15) is 0 Å². The molecule has 1 aromatic carbocycles. The number of imidazole rings is 1. The van der Waals surface area contributed by atoms with Crippen molar-refractivity contribution in [3.05, 3.63) is 30.1 Å². The zero-order valence-electron chi connectivity index (χ0n) is 9.47. The summed E-state index contributed by atoms with van der Waals surface area (Å²) in [7, 11) is 0. The van der Waals surface area contributed by atoms with Gasteiger partial charge in [0.15, 0.2) is 11.0 Å². The van der Waals surface area contributed by atoms with Gasteiger partial charge in [0.25, 0.3) is 0 Å². The molecule has 16 heavy (non-hydrogen) atoms. The maximum absolute atomic E-state index is 10.9. The molecule has 84 valence electrons. The largest absolute Gasteiger partial charge is 0.478 e. The summed E-state index contributed by atoms with van der Waals surface area (Å²) in [5.41, 5.74) is 2.39. The third kappa shape index (κ3) is 1.56. The Kier molecular flexibility index (Phi) is 2.64. The van der Waals surface area contributed by atoms with Gasteiger partial charge in [-0.25, -0.2) is 13.9 Å². The minimum absolute atomic E-state index is 0.337. The van der Waals surface area contributed by atoms with Crippen LogP contribution in [-0.4, -0.2) is 15.6 Å². The Bertz CT molecular complexity index is 543. The van der Waals surface area contributed by atoms with Crippen LogP contribution in [-0.2, 0) is 13.1 Å². The van der Waals surface area contributed by atoms with Crippen LogP contribution < -0.4 is 4.57 Å². The van der Waals surface area contributed by atoms with Gasteiger partial charge in [0.1, 0.15) is 0 Å². The quantitative estimate of drug-likeness (QED) is 0.798. The molecule has 0 saturated carbocycles. The van der Waals surface area contributed by atoms with E-state index in [1.807, 2.05) is 19.3 Å². The van der Waals surface area contributed by atoms with Gasteiger partial charge >= 0.3 is 5.97 Å². The zero-order valence-corrected chi connectivity index (χ0v) is 9.47. The summed E-state index contributed by atoms with van der Waals surface area (Å²) in [6, 6.07) is 5.25. The normalized spacial score (nSPS) is 10.9. The highest BCUT2D eigenvalue weighted by Crippen LogP contribution is 2.14. The maximum atomic E-state index is 10.9. The lowest BCUT2D eigenvalue weighted by Gasteiger charge is -1.94. The number of aryl methyl sites for hydroxylation is 2. The summed E-state index contributed by atoms with van der Waals surface area (Å²) < 4.78 is 4.18. The molecule has 0 aliphatic rings. The van der Waals surface area contributed by atoms with E-state index in [0.29, 0.717) is 5.56 Å². The van der Waals surface area contributed by atoms with Crippen molar-refractivity contribution in [3.63, 3.8) is 0 Å². The Morgan fingerprint density at radius 1 is 1.44 bits per heavy atom. The minimum atomic E-state index is -0.881. The van der Waals surface area contributed by atoms with Crippen LogP contribution >= 0.6 is 0 Å². The van der Waals surface area contributed by atoms with Gasteiger partial charge < -0.3 is 5.11 Å². The standard InChI is InChI=1S/C12H14N2O2/c1-3-13-8-14(4-2)11-7-9(12(15)16)5-6-10(11)13/h5-8H,3-4H2,1-2H3/p+1. The van der Waals surface area contributed by atoms with Gasteiger partial charge in [0.05, 0.1) is 18.7 Å². The van der Waals surface area contributed by atoms with Crippen molar-refractivity contribution in [1.29, 1.82) is 0 Å². The number of hydrogen-bond acceptors (Lipinski definition) is 1. The molecule has 0 fully saturated rings. The van der Waals surface area contributed by atoms with Crippen LogP contribution in [0, 0.1) is 0 Å². The van der Waals surface area contributed by atoms with Crippen molar-refractivity contribution in [2.75, 3.05) is 0 Å². The van der Waals surface area contributed by atoms with Gasteiger partial charge in [0, 0.05) is 6.07 Å². The Morgan fingerprint density at radius 3 is 2.75 bits per heavy atom. The van der Waals surface area contributed by atoms with Crippen molar-refractivity contribution in [2.24, 2.45) is 0 Å². The average molecular weight is 219 g/mol. The van der Waals surface area contributed by atoms with Crippen LogP contribution in [0.2, 0.25) is 0 Å². The minimum Gasteiger partial charge on any atom is -0.478 e. The molecule has 0 unspecified atom stereocenters. The summed E-state index contributed by atoms with van der Waals surface area (Å²) in [5, 5.41) is 8.96. The highest BCUT2D eigenvalue weighted by atomic mass is 16.4. The van der Waals surface area contributed by atoms with E-state index < -0.39 is 5.97 Å². The van der Waals surface area contributed by atoms with Gasteiger partial charge in [-0.05, 0) is 26.0 Å². The van der Waals surface area contributed by atoms with Crippen LogP contribution in [0.4, 0.5) is 0 Å². The molecule has 2 aromatic rings. The molecule has 2 rings (SSSR count). The first-order valence-electron chi connectivity index (χ1n) is 5.43. The third-order valence-corrected chi connectivity index (χ3v) is 2.80. The lowest BCUT2D eigenvalue weighted by Crippen LogP contribution is -2.30. The second-order valence-electron chi connectivity index (χ2n) is 3.70. The molecular weight excluding hydrogens is 204 g/mol. The van der Waals surface area contributed by atoms with E-state index in [9.17, 15) is 4.79 Å². The fourth-order valence-corrected chi connectivity index (χ4v) is 1.93. The first-order valence-corrected chi connectivity index (χ1v) is 5.43. The maximum Gasteiger partial charge on any atom is 0.335 e. The van der Waals surface area contributed by atoms with Crippen molar-refractivity contribution >= 4 is 17.0 Å². The molecule has 0 spiro atoms. The molecule has 1 aromatic heterocycles. The molecule has 0 radical (unpaired) electrons. The summed E-state index contributed by atoms with van der Waals surface area (Å²) in [6.45, 7) is 5.85. The summed E-state index contributed by atoms with van der Waals surface area (Å²) in [5.74, 6) is -0.881. The molecular formula is C12H15N2O2+. The molecule has 0 bridgehead atoms. The van der Waals surface area contributed by atoms with Crippen LogP contribution in [0.1, 0.15) is 24.2 Å². The zero-order chi connectivity index (χ0) is 11.7. The number of nitrogens with zero attached hydrogens (tertiary/aromatic N) is 2. The number of rotatable bonds is 3. The third-order valence-electron chi connectivity index (χ3n) is 2.80. The van der Waals surface area contributed by atoms with Crippen molar-refractivity contribution in [1.82, 2.24) is 4.57 Å². The molecule has 1 N–H and O–H groups in total. The van der Waals surface area contributed by atoms with Crippen LogP contribution in [0.25, 0.3) is 11.0 Å². The van der Waals surface area contributed by atoms with E-state index in [1.54, 1.807) is 12.1 Å². The van der Waals surface area contributed by atoms with Gasteiger partial charge in [0.2, 0.25) is 6.33 Å². The highest BCUT2D eigenvalue weighted by Gasteiger charge is 2.15. The van der Waals surface area contributed by atoms with E-state index in [1.165, 1.54) is 0 Å². The monoisotopic (exact) mass is 219 g/mol. The Balaban J connectivity index is 2.71. The summed E-state index contributed by atoms with van der Waals surface area (Å²) >= 11 is 0. The van der Waals surface area contributed by atoms with Crippen LogP contribution in [0.15, 0.2) is 24.5 Å². The van der Waals surface area contributed by atoms with E-state index in [-0.39, 0.29) is 0 Å². The molecule has 1 heterocycles. The number of carbonyl (C=O) groups is 1. The van der Waals surface area contributed by atoms with Gasteiger partial charge in [-0.1, -0.05) is 0 Å². The predicted octanol–water partition coefficient (Wildman–Crippen LogP) is 1.67. The highest BCUT2D eigenvalue weighted by molar-refractivity contribution is 5.91. The molecule has 0 aliphatic heterocycles. The molecule has 4 heteroatoms. The Hall–Kier alpha value is -1.84. The Morgan fingerprint density at radius 2 is 2.19 bits per heavy atom. The number of benzene rings is 1. The van der Waals surface area contributed by atoms with Gasteiger partial charge in [-0.15, -0.1) is 0 Å². The lowest BCUT2D eigenvalue weighted by atomic mass is 10.2. The fraction of sp³-hybridized carbons (Fsp3) is 0.333. The Labute approximate surface area is 93.7 Å². The fourth-order valence-electron chi connectivity index (χ4n) is 1.93. The second kappa shape index (κ2) is 3.96. The lowest BCUT2D eigenvalue weighted by molar-refractivity contribution is -0.668. The van der Waals surface area contributed by atoms with Crippen molar-refractivity contribution in [2.45, 2.75) is 26.9 Å². The molecule has 0 atom stereocenters. The number of hydrogen-bond donors (Lipinski definition) is 1. The van der Waals surface area contributed by atoms with Crippen molar-refractivity contribution < 1.29 is 14.5 Å². The number of carboxylic acid groups (broad SMARTS) is 1. The SMILES string of the molecule is CCn1c[n+](CC)c2ccc(C(=O)O)cc21. The summed E-state index contributed by atoms with van der Waals surface area (Å²) in [4.78, 5) is 10.9. The smallest absolute Gasteiger partial charge is 0.335 e. The first kappa shape index (κ1) is 10.7. The molecule has 4 nitrogen and oxygen atoms in total. The van der Waals surface area contributed by atoms with E-state index in [4.69, 9.17) is 5.11 Å². The van der Waals surface area contributed by atoms with E-state index >= 15 is 0 Å². The molecule has 0 amide bonds. The van der Waals surface area contributed by atoms with Crippen LogP contribution in [0.3, 0.4) is 0 Å². The van der Waals surface area contributed by atoms with E-state index in [2.05, 4.69) is 16.1 Å².